The molecule has 0 aliphatic rings. The van der Waals surface area contributed by atoms with Crippen LogP contribution in [-0.4, -0.2) is 35.8 Å². The van der Waals surface area contributed by atoms with Crippen LogP contribution in [0.15, 0.2) is 30.3 Å². The third-order valence-corrected chi connectivity index (χ3v) is 3.00. The van der Waals surface area contributed by atoms with Crippen LogP contribution in [0.4, 0.5) is 5.69 Å². The Hall–Kier alpha value is -1.84. The number of nitrogens with zero attached hydrogens (tertiary/aromatic N) is 2. The number of hydrogen-bond donors (Lipinski definition) is 0. The van der Waals surface area contributed by atoms with E-state index in [9.17, 15) is 9.59 Å². The molecule has 1 aromatic carbocycles. The van der Waals surface area contributed by atoms with E-state index in [-0.39, 0.29) is 5.54 Å². The van der Waals surface area contributed by atoms with Crippen LogP contribution in [0.25, 0.3) is 0 Å². The summed E-state index contributed by atoms with van der Waals surface area (Å²) in [6, 6.07) is 9.16. The van der Waals surface area contributed by atoms with Gasteiger partial charge in [-0.2, -0.15) is 0 Å². The number of likely N-dealkylation sites (N-methyl/N-ethyl adjacent to an activating group) is 2. The highest BCUT2D eigenvalue weighted by molar-refractivity contribution is 6.40. The lowest BCUT2D eigenvalue weighted by molar-refractivity contribution is -0.147. The maximum atomic E-state index is 12.3. The summed E-state index contributed by atoms with van der Waals surface area (Å²) in [5, 5.41) is 0. The van der Waals surface area contributed by atoms with Crippen molar-refractivity contribution in [3.63, 3.8) is 0 Å². The third kappa shape index (κ3) is 3.56. The van der Waals surface area contributed by atoms with Crippen molar-refractivity contribution in [3.8, 4) is 0 Å². The van der Waals surface area contributed by atoms with Crippen molar-refractivity contribution in [1.29, 1.82) is 0 Å². The summed E-state index contributed by atoms with van der Waals surface area (Å²) in [4.78, 5) is 27.5. The number of hydrogen-bond acceptors (Lipinski definition) is 2. The summed E-state index contributed by atoms with van der Waals surface area (Å²) < 4.78 is 0. The molecule has 0 heterocycles. The van der Waals surface area contributed by atoms with Crippen LogP contribution < -0.4 is 4.90 Å². The van der Waals surface area contributed by atoms with Gasteiger partial charge in [-0.25, -0.2) is 0 Å². The number of benzene rings is 1. The Morgan fingerprint density at radius 1 is 1.05 bits per heavy atom. The van der Waals surface area contributed by atoms with Gasteiger partial charge in [-0.05, 0) is 39.8 Å². The van der Waals surface area contributed by atoms with E-state index in [2.05, 4.69) is 0 Å². The largest absolute Gasteiger partial charge is 0.330 e. The van der Waals surface area contributed by atoms with Crippen molar-refractivity contribution in [1.82, 2.24) is 4.90 Å². The second-order valence-electron chi connectivity index (χ2n) is 5.42. The van der Waals surface area contributed by atoms with Crippen molar-refractivity contribution in [2.75, 3.05) is 18.5 Å². The van der Waals surface area contributed by atoms with Crippen molar-refractivity contribution in [2.24, 2.45) is 0 Å². The Bertz CT molecular complexity index is 449. The Morgan fingerprint density at radius 2 is 1.58 bits per heavy atom. The Morgan fingerprint density at radius 3 is 2.00 bits per heavy atom. The average molecular weight is 262 g/mol. The monoisotopic (exact) mass is 262 g/mol. The van der Waals surface area contributed by atoms with Gasteiger partial charge in [-0.15, -0.1) is 0 Å². The third-order valence-electron chi connectivity index (χ3n) is 3.00. The first kappa shape index (κ1) is 15.2. The smallest absolute Gasteiger partial charge is 0.316 e. The molecular formula is C15H22N2O2. The number of amides is 2. The number of carbonyl (C=O) groups excluding carboxylic acids is 2. The first-order chi connectivity index (χ1) is 8.79. The minimum absolute atomic E-state index is 0.362. The van der Waals surface area contributed by atoms with E-state index < -0.39 is 11.8 Å². The van der Waals surface area contributed by atoms with Crippen LogP contribution >= 0.6 is 0 Å². The fourth-order valence-electron chi connectivity index (χ4n) is 1.95. The molecule has 0 aliphatic carbocycles. The molecule has 0 bridgehead atoms. The van der Waals surface area contributed by atoms with Crippen LogP contribution in [0.2, 0.25) is 0 Å². The number of para-hydroxylation sites is 1. The molecule has 0 atom stereocenters. The van der Waals surface area contributed by atoms with Crippen LogP contribution in [0, 0.1) is 0 Å². The minimum Gasteiger partial charge on any atom is -0.330 e. The second kappa shape index (κ2) is 5.87. The molecule has 0 fully saturated rings. The summed E-state index contributed by atoms with van der Waals surface area (Å²) in [6.45, 7) is 8.15. The van der Waals surface area contributed by atoms with E-state index in [0.717, 1.165) is 0 Å². The zero-order valence-corrected chi connectivity index (χ0v) is 12.3. The Kier molecular flexibility index (Phi) is 4.70. The molecule has 1 rings (SSSR count). The van der Waals surface area contributed by atoms with E-state index >= 15 is 0 Å². The second-order valence-corrected chi connectivity index (χ2v) is 5.42. The van der Waals surface area contributed by atoms with Crippen LogP contribution in [0.1, 0.15) is 27.7 Å². The van der Waals surface area contributed by atoms with E-state index in [4.69, 9.17) is 0 Å². The number of anilines is 1. The fourth-order valence-corrected chi connectivity index (χ4v) is 1.95. The lowest BCUT2D eigenvalue weighted by Crippen LogP contribution is -2.51. The zero-order valence-electron chi connectivity index (χ0n) is 12.3. The SMILES string of the molecule is CCN(C(=O)C(=O)N(C)c1ccccc1)C(C)(C)C. The predicted octanol–water partition coefficient (Wildman–Crippen LogP) is 2.30. The van der Waals surface area contributed by atoms with Crippen molar-refractivity contribution in [2.45, 2.75) is 33.2 Å². The normalized spacial score (nSPS) is 11.0. The van der Waals surface area contributed by atoms with Gasteiger partial charge in [0.2, 0.25) is 0 Å². The van der Waals surface area contributed by atoms with E-state index in [1.165, 1.54) is 4.90 Å². The summed E-state index contributed by atoms with van der Waals surface area (Å²) in [5.41, 5.74) is 0.352. The van der Waals surface area contributed by atoms with Crippen LogP contribution in [-0.2, 0) is 9.59 Å². The highest BCUT2D eigenvalue weighted by atomic mass is 16.2. The molecule has 19 heavy (non-hydrogen) atoms. The highest BCUT2D eigenvalue weighted by Crippen LogP contribution is 2.16. The van der Waals surface area contributed by atoms with E-state index in [0.29, 0.717) is 12.2 Å². The Balaban J connectivity index is 2.91. The number of rotatable bonds is 2. The summed E-state index contributed by atoms with van der Waals surface area (Å²) in [5.74, 6) is -0.982. The zero-order chi connectivity index (χ0) is 14.6. The molecule has 0 unspecified atom stereocenters. The lowest BCUT2D eigenvalue weighted by atomic mass is 10.1. The molecule has 0 saturated carbocycles. The molecule has 0 radical (unpaired) electrons. The molecule has 0 aromatic heterocycles. The first-order valence-electron chi connectivity index (χ1n) is 6.43. The molecule has 4 nitrogen and oxygen atoms in total. The lowest BCUT2D eigenvalue weighted by Gasteiger charge is -2.35. The molecule has 4 heteroatoms. The molecular weight excluding hydrogens is 240 g/mol. The maximum Gasteiger partial charge on any atom is 0.316 e. The van der Waals surface area contributed by atoms with Crippen molar-refractivity contribution >= 4 is 17.5 Å². The molecule has 1 aromatic rings. The summed E-state index contributed by atoms with van der Waals surface area (Å²) in [6.07, 6.45) is 0. The topological polar surface area (TPSA) is 40.6 Å². The van der Waals surface area contributed by atoms with Crippen LogP contribution in [0.3, 0.4) is 0 Å². The molecule has 0 N–H and O–H groups in total. The molecule has 104 valence electrons. The van der Waals surface area contributed by atoms with Gasteiger partial charge in [-0.3, -0.25) is 9.59 Å². The highest BCUT2D eigenvalue weighted by Gasteiger charge is 2.31. The van der Waals surface area contributed by atoms with Gasteiger partial charge in [0.15, 0.2) is 0 Å². The van der Waals surface area contributed by atoms with Gasteiger partial charge in [0.05, 0.1) is 0 Å². The molecule has 0 spiro atoms. The fraction of sp³-hybridized carbons (Fsp3) is 0.467. The van der Waals surface area contributed by atoms with Gasteiger partial charge < -0.3 is 9.80 Å². The van der Waals surface area contributed by atoms with Gasteiger partial charge in [0.25, 0.3) is 0 Å². The van der Waals surface area contributed by atoms with Gasteiger partial charge in [0, 0.05) is 24.8 Å². The van der Waals surface area contributed by atoms with Gasteiger partial charge >= 0.3 is 11.8 Å². The average Bonchev–Trinajstić information content (AvgIpc) is 2.37. The van der Waals surface area contributed by atoms with Crippen LogP contribution in [0.5, 0.6) is 0 Å². The predicted molar refractivity (Wildman–Crippen MR) is 77.0 cm³/mol. The summed E-state index contributed by atoms with van der Waals surface area (Å²) in [7, 11) is 1.62. The summed E-state index contributed by atoms with van der Waals surface area (Å²) >= 11 is 0. The van der Waals surface area contributed by atoms with E-state index in [1.54, 1.807) is 24.1 Å². The van der Waals surface area contributed by atoms with Crippen molar-refractivity contribution < 1.29 is 9.59 Å². The quantitative estimate of drug-likeness (QED) is 0.767. The standard InChI is InChI=1S/C15H22N2O2/c1-6-17(15(2,3)4)14(19)13(18)16(5)12-10-8-7-9-11-12/h7-11H,6H2,1-5H3. The van der Waals surface area contributed by atoms with Gasteiger partial charge in [-0.1, -0.05) is 18.2 Å². The first-order valence-corrected chi connectivity index (χ1v) is 6.43. The van der Waals surface area contributed by atoms with E-state index in [1.807, 2.05) is 45.9 Å². The van der Waals surface area contributed by atoms with Crippen molar-refractivity contribution in [3.05, 3.63) is 30.3 Å². The number of carbonyl (C=O) groups is 2. The molecule has 0 aliphatic heterocycles. The molecule has 0 saturated heterocycles. The minimum atomic E-state index is -0.511. The maximum absolute atomic E-state index is 12.3. The van der Waals surface area contributed by atoms with Gasteiger partial charge in [0.1, 0.15) is 0 Å². The molecule has 2 amide bonds. The Labute approximate surface area is 115 Å².